The first kappa shape index (κ1) is 22.6. The van der Waals surface area contributed by atoms with Gasteiger partial charge in [-0.25, -0.2) is 8.42 Å². The number of carbonyl (C=O) groups excluding carboxylic acids is 2. The van der Waals surface area contributed by atoms with Gasteiger partial charge in [0.15, 0.2) is 9.84 Å². The number of sulfone groups is 1. The van der Waals surface area contributed by atoms with E-state index in [0.29, 0.717) is 25.7 Å². The second kappa shape index (κ2) is 10.2. The van der Waals surface area contributed by atoms with Crippen LogP contribution < -0.4 is 0 Å². The Hall–Kier alpha value is -0.710. The number of hydrogen-bond acceptors (Lipinski definition) is 4. The molecule has 0 spiro atoms. The van der Waals surface area contributed by atoms with Crippen LogP contribution in [-0.2, 0) is 19.4 Å². The molecule has 2 fully saturated rings. The van der Waals surface area contributed by atoms with Crippen molar-refractivity contribution in [2.24, 2.45) is 17.3 Å². The van der Waals surface area contributed by atoms with E-state index in [9.17, 15) is 18.0 Å². The van der Waals surface area contributed by atoms with Crippen LogP contribution in [0.25, 0.3) is 0 Å². The minimum Gasteiger partial charge on any atom is -0.303 e. The molecular formula is C22H38O4S. The van der Waals surface area contributed by atoms with Gasteiger partial charge in [0.05, 0.1) is 11.0 Å². The van der Waals surface area contributed by atoms with Crippen LogP contribution in [0, 0.1) is 17.3 Å². The fourth-order valence-electron chi connectivity index (χ4n) is 5.11. The maximum Gasteiger partial charge on any atom is 0.154 e. The summed E-state index contributed by atoms with van der Waals surface area (Å²) in [5.41, 5.74) is -0.787. The monoisotopic (exact) mass is 398 g/mol. The molecule has 3 unspecified atom stereocenters. The van der Waals surface area contributed by atoms with Crippen molar-refractivity contribution in [2.75, 3.05) is 5.75 Å². The average Bonchev–Trinajstić information content (AvgIpc) is 2.71. The van der Waals surface area contributed by atoms with Crippen molar-refractivity contribution in [3.8, 4) is 0 Å². The predicted octanol–water partition coefficient (Wildman–Crippen LogP) is 4.89. The minimum absolute atomic E-state index is 0.0571. The molecule has 0 amide bonds. The van der Waals surface area contributed by atoms with Gasteiger partial charge in [0.2, 0.25) is 0 Å². The van der Waals surface area contributed by atoms with Gasteiger partial charge in [0.1, 0.15) is 12.1 Å². The molecule has 0 aliphatic heterocycles. The smallest absolute Gasteiger partial charge is 0.154 e. The van der Waals surface area contributed by atoms with Crippen molar-refractivity contribution in [2.45, 2.75) is 103 Å². The molecule has 0 bridgehead atoms. The molecule has 0 radical (unpaired) electrons. The van der Waals surface area contributed by atoms with Crippen LogP contribution >= 0.6 is 0 Å². The van der Waals surface area contributed by atoms with Gasteiger partial charge in [-0.1, -0.05) is 58.8 Å². The Morgan fingerprint density at radius 2 is 1.63 bits per heavy atom. The molecule has 0 N–H and O–H groups in total. The van der Waals surface area contributed by atoms with Crippen LogP contribution in [-0.4, -0.2) is 31.5 Å². The maximum atomic E-state index is 13.4. The molecule has 0 saturated heterocycles. The van der Waals surface area contributed by atoms with Crippen LogP contribution in [0.2, 0.25) is 0 Å². The Morgan fingerprint density at radius 1 is 1.00 bits per heavy atom. The Balaban J connectivity index is 2.19. The summed E-state index contributed by atoms with van der Waals surface area (Å²) in [7, 11) is -3.48. The summed E-state index contributed by atoms with van der Waals surface area (Å²) in [6, 6.07) is 0. The summed E-state index contributed by atoms with van der Waals surface area (Å²) in [5, 5.41) is -0.576. The number of rotatable bonds is 10. The lowest BCUT2D eigenvalue weighted by Crippen LogP contribution is -2.44. The van der Waals surface area contributed by atoms with E-state index in [1.165, 1.54) is 6.42 Å². The summed E-state index contributed by atoms with van der Waals surface area (Å²) >= 11 is 0. The second-order valence-electron chi connectivity index (χ2n) is 8.91. The Labute approximate surface area is 165 Å². The molecule has 156 valence electrons. The van der Waals surface area contributed by atoms with Crippen molar-refractivity contribution in [1.29, 1.82) is 0 Å². The predicted molar refractivity (Wildman–Crippen MR) is 109 cm³/mol. The molecule has 2 rings (SSSR count). The Bertz CT molecular complexity index is 591. The molecule has 3 atom stereocenters. The molecule has 2 aliphatic rings. The van der Waals surface area contributed by atoms with Gasteiger partial charge in [0.25, 0.3) is 0 Å². The summed E-state index contributed by atoms with van der Waals surface area (Å²) in [6.07, 6.45) is 12.1. The summed E-state index contributed by atoms with van der Waals surface area (Å²) in [6.45, 7) is 3.96. The third kappa shape index (κ3) is 5.65. The molecule has 2 saturated carbocycles. The van der Waals surface area contributed by atoms with Gasteiger partial charge in [-0.15, -0.1) is 0 Å². The number of unbranched alkanes of at least 4 members (excludes halogenated alkanes) is 1. The van der Waals surface area contributed by atoms with Crippen LogP contribution in [0.3, 0.4) is 0 Å². The molecule has 0 aromatic heterocycles. The van der Waals surface area contributed by atoms with Crippen molar-refractivity contribution >= 4 is 21.9 Å². The van der Waals surface area contributed by atoms with Crippen molar-refractivity contribution in [3.05, 3.63) is 0 Å². The van der Waals surface area contributed by atoms with Crippen LogP contribution in [0.5, 0.6) is 0 Å². The number of hydrogen-bond donors (Lipinski definition) is 0. The van der Waals surface area contributed by atoms with E-state index in [4.69, 9.17) is 0 Å². The summed E-state index contributed by atoms with van der Waals surface area (Å²) < 4.78 is 26.7. The van der Waals surface area contributed by atoms with E-state index < -0.39 is 20.5 Å². The summed E-state index contributed by atoms with van der Waals surface area (Å²) in [4.78, 5) is 25.0. The topological polar surface area (TPSA) is 68.3 Å². The molecule has 4 nitrogen and oxygen atoms in total. The van der Waals surface area contributed by atoms with E-state index in [1.807, 2.05) is 6.92 Å². The molecule has 5 heteroatoms. The molecule has 0 aromatic rings. The van der Waals surface area contributed by atoms with E-state index in [2.05, 4.69) is 6.92 Å². The van der Waals surface area contributed by atoms with Crippen molar-refractivity contribution in [3.63, 3.8) is 0 Å². The second-order valence-corrected chi connectivity index (χ2v) is 11.1. The zero-order valence-corrected chi connectivity index (χ0v) is 18.1. The zero-order valence-electron chi connectivity index (χ0n) is 17.3. The maximum absolute atomic E-state index is 13.4. The van der Waals surface area contributed by atoms with Gasteiger partial charge < -0.3 is 4.79 Å². The third-order valence-electron chi connectivity index (χ3n) is 7.01. The van der Waals surface area contributed by atoms with Crippen molar-refractivity contribution < 1.29 is 18.0 Å². The van der Waals surface area contributed by atoms with E-state index in [-0.39, 0.29) is 23.4 Å². The lowest BCUT2D eigenvalue weighted by molar-refractivity contribution is -0.128. The Morgan fingerprint density at radius 3 is 2.22 bits per heavy atom. The number of ketones is 1. The highest BCUT2D eigenvalue weighted by molar-refractivity contribution is 7.92. The largest absolute Gasteiger partial charge is 0.303 e. The van der Waals surface area contributed by atoms with E-state index >= 15 is 0 Å². The van der Waals surface area contributed by atoms with Gasteiger partial charge >= 0.3 is 0 Å². The standard InChI is InChI=1S/C22H38O4S/c1-3-5-15-22(4-2,16-23)17-27(25,26)20-14-10-9-13-19(20)21(24)18-11-7-6-8-12-18/h16,18-20H,3-15,17H2,1-2H3. The van der Waals surface area contributed by atoms with Gasteiger partial charge in [-0.2, -0.15) is 0 Å². The highest BCUT2D eigenvalue weighted by atomic mass is 32.2. The van der Waals surface area contributed by atoms with Crippen LogP contribution in [0.1, 0.15) is 97.3 Å². The quantitative estimate of drug-likeness (QED) is 0.491. The molecule has 2 aliphatic carbocycles. The van der Waals surface area contributed by atoms with Gasteiger partial charge in [0, 0.05) is 17.3 Å². The Kier molecular flexibility index (Phi) is 8.51. The van der Waals surface area contributed by atoms with Crippen molar-refractivity contribution in [1.82, 2.24) is 0 Å². The van der Waals surface area contributed by atoms with Gasteiger partial charge in [-0.05, 0) is 38.5 Å². The fraction of sp³-hybridized carbons (Fsp3) is 0.909. The van der Waals surface area contributed by atoms with E-state index in [1.54, 1.807) is 0 Å². The number of aldehydes is 1. The first-order chi connectivity index (χ1) is 12.9. The molecule has 0 aromatic carbocycles. The van der Waals surface area contributed by atoms with Crippen LogP contribution in [0.4, 0.5) is 0 Å². The molecule has 0 heterocycles. The molecule has 27 heavy (non-hydrogen) atoms. The highest BCUT2D eigenvalue weighted by Gasteiger charge is 2.44. The lowest BCUT2D eigenvalue weighted by atomic mass is 9.76. The first-order valence-electron chi connectivity index (χ1n) is 11.1. The first-order valence-corrected chi connectivity index (χ1v) is 12.8. The minimum atomic E-state index is -3.48. The number of Topliss-reactive ketones (excluding diaryl/α,β-unsaturated/α-hetero) is 1. The highest BCUT2D eigenvalue weighted by Crippen LogP contribution is 2.38. The van der Waals surface area contributed by atoms with Crippen LogP contribution in [0.15, 0.2) is 0 Å². The van der Waals surface area contributed by atoms with Gasteiger partial charge in [-0.3, -0.25) is 4.79 Å². The number of carbonyl (C=O) groups is 2. The average molecular weight is 399 g/mol. The molecular weight excluding hydrogens is 360 g/mol. The third-order valence-corrected chi connectivity index (χ3v) is 9.47. The normalized spacial score (nSPS) is 27.0. The van der Waals surface area contributed by atoms with E-state index in [0.717, 1.165) is 57.7 Å². The zero-order chi connectivity index (χ0) is 19.9. The fourth-order valence-corrected chi connectivity index (χ4v) is 7.83. The lowest BCUT2D eigenvalue weighted by Gasteiger charge is -2.36. The summed E-state index contributed by atoms with van der Waals surface area (Å²) in [5.74, 6) is -0.176. The SMILES string of the molecule is CCCCC(C=O)(CC)CS(=O)(=O)C1CCCCC1C(=O)C1CCCCC1.